The first-order valence-corrected chi connectivity index (χ1v) is 10.4. The molecule has 1 aromatic heterocycles. The second kappa shape index (κ2) is 9.68. The molecule has 10 heteroatoms. The predicted octanol–water partition coefficient (Wildman–Crippen LogP) is 1.34. The first kappa shape index (κ1) is 22.3. The van der Waals surface area contributed by atoms with Gasteiger partial charge in [-0.3, -0.25) is 9.59 Å². The van der Waals surface area contributed by atoms with Crippen molar-refractivity contribution < 1.29 is 24.2 Å². The van der Waals surface area contributed by atoms with Gasteiger partial charge in [-0.1, -0.05) is 6.07 Å². The van der Waals surface area contributed by atoms with E-state index in [0.717, 1.165) is 0 Å². The summed E-state index contributed by atoms with van der Waals surface area (Å²) >= 11 is 0. The van der Waals surface area contributed by atoms with Gasteiger partial charge in [0, 0.05) is 31.3 Å². The number of fused-ring (bicyclic) bond motifs is 1. The van der Waals surface area contributed by atoms with E-state index in [1.54, 1.807) is 39.8 Å². The van der Waals surface area contributed by atoms with Crippen LogP contribution in [0.4, 0.5) is 5.69 Å². The standard InChI is InChI=1S/C23H23N5O5/c1-32-20-12-18-17(11-19(20)27-7-9-33-14-21(27)30)25-23(28(18)6-3-8-29)26-22(31)16-5-2-4-15(10-16)13-24/h2,4-5,10-12,29H,3,6-9,14H2,1H3,(H,25,26,31). The van der Waals surface area contributed by atoms with E-state index in [9.17, 15) is 14.7 Å². The summed E-state index contributed by atoms with van der Waals surface area (Å²) in [6, 6.07) is 11.9. The number of aromatic amines is 1. The number of hydrogen-bond acceptors (Lipinski definition) is 6. The number of nitriles is 1. The Morgan fingerprint density at radius 1 is 1.36 bits per heavy atom. The quantitative estimate of drug-likeness (QED) is 0.583. The van der Waals surface area contributed by atoms with E-state index in [0.29, 0.717) is 65.3 Å². The molecule has 1 saturated heterocycles. The number of carbonyl (C=O) groups is 2. The minimum atomic E-state index is -0.507. The molecule has 2 aromatic carbocycles. The number of hydrogen-bond donors (Lipinski definition) is 2. The fraction of sp³-hybridized carbons (Fsp3) is 0.304. The van der Waals surface area contributed by atoms with E-state index in [2.05, 4.69) is 9.98 Å². The van der Waals surface area contributed by atoms with E-state index in [1.807, 2.05) is 6.07 Å². The summed E-state index contributed by atoms with van der Waals surface area (Å²) in [6.45, 7) is 1.19. The molecule has 0 saturated carbocycles. The lowest BCUT2D eigenvalue weighted by Crippen LogP contribution is -2.41. The van der Waals surface area contributed by atoms with Gasteiger partial charge in [0.25, 0.3) is 11.8 Å². The Morgan fingerprint density at radius 3 is 2.94 bits per heavy atom. The number of carbonyl (C=O) groups excluding carboxylic acids is 2. The third-order valence-electron chi connectivity index (χ3n) is 5.35. The number of aryl methyl sites for hydroxylation is 1. The molecule has 2 heterocycles. The number of nitrogens with one attached hydrogen (secondary N) is 1. The Morgan fingerprint density at radius 2 is 2.21 bits per heavy atom. The first-order valence-electron chi connectivity index (χ1n) is 10.4. The minimum Gasteiger partial charge on any atom is -0.494 e. The maximum Gasteiger partial charge on any atom is 0.280 e. The normalized spacial score (nSPS) is 14.5. The van der Waals surface area contributed by atoms with Crippen LogP contribution in [0.1, 0.15) is 22.3 Å². The number of aliphatic hydroxyl groups is 1. The second-order valence-corrected chi connectivity index (χ2v) is 7.43. The summed E-state index contributed by atoms with van der Waals surface area (Å²) in [7, 11) is 1.53. The Kier molecular flexibility index (Phi) is 6.53. The van der Waals surface area contributed by atoms with Crippen molar-refractivity contribution in [2.24, 2.45) is 4.99 Å². The highest BCUT2D eigenvalue weighted by atomic mass is 16.5. The molecule has 1 aliphatic heterocycles. The SMILES string of the molecule is COc1cc2c(cc1N1CCOCC1=O)[nH]/c(=N\C(=O)c1cccc(C#N)c1)n2CCCO. The van der Waals surface area contributed by atoms with Crippen molar-refractivity contribution in [3.8, 4) is 11.8 Å². The van der Waals surface area contributed by atoms with Crippen LogP contribution in [-0.2, 0) is 16.1 Å². The highest BCUT2D eigenvalue weighted by molar-refractivity contribution is 5.99. The lowest BCUT2D eigenvalue weighted by molar-refractivity contribution is -0.125. The van der Waals surface area contributed by atoms with Gasteiger partial charge in [0.15, 0.2) is 0 Å². The monoisotopic (exact) mass is 449 g/mol. The molecule has 4 rings (SSSR count). The highest BCUT2D eigenvalue weighted by Crippen LogP contribution is 2.33. The van der Waals surface area contributed by atoms with E-state index < -0.39 is 5.91 Å². The van der Waals surface area contributed by atoms with Crippen LogP contribution in [0, 0.1) is 11.3 Å². The number of aliphatic hydroxyl groups excluding tert-OH is 1. The number of methoxy groups -OCH3 is 1. The van der Waals surface area contributed by atoms with Crippen LogP contribution in [0.5, 0.6) is 5.75 Å². The van der Waals surface area contributed by atoms with Crippen LogP contribution in [0.2, 0.25) is 0 Å². The summed E-state index contributed by atoms with van der Waals surface area (Å²) in [5.41, 5.74) is 2.90. The van der Waals surface area contributed by atoms with Crippen molar-refractivity contribution in [1.82, 2.24) is 9.55 Å². The summed E-state index contributed by atoms with van der Waals surface area (Å²) in [5, 5.41) is 18.5. The van der Waals surface area contributed by atoms with Crippen LogP contribution in [0.15, 0.2) is 41.4 Å². The Bertz CT molecular complexity index is 1320. The number of amides is 2. The van der Waals surface area contributed by atoms with Crippen molar-refractivity contribution in [3.63, 3.8) is 0 Å². The summed E-state index contributed by atoms with van der Waals surface area (Å²) in [6.07, 6.45) is 0.449. The lowest BCUT2D eigenvalue weighted by atomic mass is 10.1. The van der Waals surface area contributed by atoms with E-state index >= 15 is 0 Å². The van der Waals surface area contributed by atoms with Crippen LogP contribution >= 0.6 is 0 Å². The Hall–Kier alpha value is -3.94. The number of imidazole rings is 1. The molecule has 170 valence electrons. The van der Waals surface area contributed by atoms with Crippen LogP contribution < -0.4 is 15.3 Å². The topological polar surface area (TPSA) is 133 Å². The summed E-state index contributed by atoms with van der Waals surface area (Å²) in [4.78, 5) is 34.2. The molecule has 0 spiro atoms. The molecule has 0 unspecified atom stereocenters. The smallest absolute Gasteiger partial charge is 0.280 e. The molecule has 1 aliphatic rings. The van der Waals surface area contributed by atoms with Crippen molar-refractivity contribution >= 4 is 28.5 Å². The summed E-state index contributed by atoms with van der Waals surface area (Å²) in [5.74, 6) is -0.183. The summed E-state index contributed by atoms with van der Waals surface area (Å²) < 4.78 is 12.6. The number of rotatable bonds is 6. The van der Waals surface area contributed by atoms with Gasteiger partial charge in [-0.15, -0.1) is 0 Å². The molecule has 2 N–H and O–H groups in total. The maximum atomic E-state index is 12.8. The first-order chi connectivity index (χ1) is 16.0. The van der Waals surface area contributed by atoms with Gasteiger partial charge in [0.05, 0.1) is 42.1 Å². The number of ether oxygens (including phenoxy) is 2. The number of anilines is 1. The number of aromatic nitrogens is 2. The van der Waals surface area contributed by atoms with Gasteiger partial charge < -0.3 is 29.0 Å². The zero-order valence-corrected chi connectivity index (χ0v) is 18.1. The van der Waals surface area contributed by atoms with Crippen molar-refractivity contribution in [2.75, 3.05) is 38.4 Å². The second-order valence-electron chi connectivity index (χ2n) is 7.43. The molecular formula is C23H23N5O5. The fourth-order valence-electron chi connectivity index (χ4n) is 3.76. The predicted molar refractivity (Wildman–Crippen MR) is 119 cm³/mol. The minimum absolute atomic E-state index is 0.000730. The molecule has 1 fully saturated rings. The number of benzene rings is 2. The van der Waals surface area contributed by atoms with Gasteiger partial charge in [0.2, 0.25) is 5.62 Å². The average Bonchev–Trinajstić information content (AvgIpc) is 3.17. The molecule has 33 heavy (non-hydrogen) atoms. The van der Waals surface area contributed by atoms with Gasteiger partial charge in [-0.25, -0.2) is 0 Å². The zero-order valence-electron chi connectivity index (χ0n) is 18.1. The van der Waals surface area contributed by atoms with Crippen molar-refractivity contribution in [2.45, 2.75) is 13.0 Å². The maximum absolute atomic E-state index is 12.8. The molecule has 2 amide bonds. The average molecular weight is 449 g/mol. The molecule has 3 aromatic rings. The largest absolute Gasteiger partial charge is 0.494 e. The van der Waals surface area contributed by atoms with E-state index in [1.165, 1.54) is 13.2 Å². The van der Waals surface area contributed by atoms with Gasteiger partial charge >= 0.3 is 0 Å². The lowest BCUT2D eigenvalue weighted by Gasteiger charge is -2.28. The van der Waals surface area contributed by atoms with Crippen LogP contribution in [-0.4, -0.2) is 59.9 Å². The van der Waals surface area contributed by atoms with E-state index in [4.69, 9.17) is 14.7 Å². The number of H-pyrrole nitrogens is 1. The molecular weight excluding hydrogens is 426 g/mol. The molecule has 0 radical (unpaired) electrons. The van der Waals surface area contributed by atoms with Gasteiger partial charge in [-0.2, -0.15) is 10.3 Å². The van der Waals surface area contributed by atoms with Crippen LogP contribution in [0.25, 0.3) is 11.0 Å². The third-order valence-corrected chi connectivity index (χ3v) is 5.35. The highest BCUT2D eigenvalue weighted by Gasteiger charge is 2.24. The van der Waals surface area contributed by atoms with Crippen LogP contribution in [0.3, 0.4) is 0 Å². The molecule has 0 atom stereocenters. The van der Waals surface area contributed by atoms with Gasteiger partial charge in [-0.05, 0) is 30.7 Å². The molecule has 0 aliphatic carbocycles. The fourth-order valence-corrected chi connectivity index (χ4v) is 3.76. The van der Waals surface area contributed by atoms with Crippen molar-refractivity contribution in [1.29, 1.82) is 5.26 Å². The zero-order chi connectivity index (χ0) is 23.4. The Labute approximate surface area is 189 Å². The number of morpholine rings is 1. The third kappa shape index (κ3) is 4.50. The number of nitrogens with zero attached hydrogens (tertiary/aromatic N) is 4. The van der Waals surface area contributed by atoms with Crippen molar-refractivity contribution in [3.05, 3.63) is 53.1 Å². The Balaban J connectivity index is 1.85. The molecule has 0 bridgehead atoms. The van der Waals surface area contributed by atoms with Gasteiger partial charge in [0.1, 0.15) is 12.4 Å². The van der Waals surface area contributed by atoms with E-state index in [-0.39, 0.29) is 19.1 Å². The molecule has 10 nitrogen and oxygen atoms in total.